The van der Waals surface area contributed by atoms with Crippen LogP contribution in [0, 0.1) is 0 Å². The third kappa shape index (κ3) is 1.59. The van der Waals surface area contributed by atoms with Crippen molar-refractivity contribution in [1.29, 1.82) is 0 Å². The third-order valence-electron chi connectivity index (χ3n) is 5.13. The van der Waals surface area contributed by atoms with Crippen molar-refractivity contribution < 1.29 is 9.90 Å². The average molecular weight is 284 g/mol. The Bertz CT molecular complexity index is 698. The van der Waals surface area contributed by atoms with Crippen molar-refractivity contribution >= 4 is 28.8 Å². The predicted molar refractivity (Wildman–Crippen MR) is 85.0 cm³/mol. The number of nitrogens with zero attached hydrogens (tertiary/aromatic N) is 2. The highest BCUT2D eigenvalue weighted by molar-refractivity contribution is 6.10. The first-order valence-corrected chi connectivity index (χ1v) is 7.15. The van der Waals surface area contributed by atoms with E-state index in [4.69, 9.17) is 0 Å². The van der Waals surface area contributed by atoms with Crippen molar-refractivity contribution in [3.05, 3.63) is 22.8 Å². The summed E-state index contributed by atoms with van der Waals surface area (Å²) in [5, 5.41) is 9.85. The molecule has 0 atom stereocenters. The van der Waals surface area contributed by atoms with Crippen LogP contribution in [0.2, 0.25) is 0 Å². The minimum absolute atomic E-state index is 0.356. The Labute approximate surface area is 124 Å². The minimum atomic E-state index is -0.890. The Morgan fingerprint density at radius 1 is 0.952 bits per heavy atom. The van der Waals surface area contributed by atoms with Gasteiger partial charge in [0.15, 0.2) is 0 Å². The van der Waals surface area contributed by atoms with Gasteiger partial charge < -0.3 is 5.11 Å². The molecule has 2 aliphatic rings. The first-order valence-electron chi connectivity index (χ1n) is 7.15. The molecule has 0 saturated carbocycles. The predicted octanol–water partition coefficient (Wildman–Crippen LogP) is 4.15. The maximum absolute atomic E-state index is 12.0. The zero-order valence-electron chi connectivity index (χ0n) is 13.3. The third-order valence-corrected chi connectivity index (χ3v) is 5.13. The summed E-state index contributed by atoms with van der Waals surface area (Å²) in [5.41, 5.74) is 4.72. The van der Waals surface area contributed by atoms with Crippen molar-refractivity contribution in [2.45, 2.75) is 52.4 Å². The van der Waals surface area contributed by atoms with Crippen LogP contribution < -0.4 is 0 Å². The lowest BCUT2D eigenvalue weighted by Gasteiger charge is -2.27. The van der Waals surface area contributed by atoms with E-state index in [0.29, 0.717) is 5.56 Å². The molecule has 21 heavy (non-hydrogen) atoms. The van der Waals surface area contributed by atoms with Gasteiger partial charge in [0.1, 0.15) is 0 Å². The second-order valence-corrected chi connectivity index (χ2v) is 6.99. The van der Waals surface area contributed by atoms with Gasteiger partial charge in [-0.25, -0.2) is 4.79 Å². The summed E-state index contributed by atoms with van der Waals surface area (Å²) < 4.78 is 0. The van der Waals surface area contributed by atoms with Gasteiger partial charge >= 0.3 is 5.97 Å². The molecule has 0 bridgehead atoms. The fraction of sp³-hybridized carbons (Fsp3) is 0.471. The van der Waals surface area contributed by atoms with Crippen LogP contribution in [0.1, 0.15) is 63.0 Å². The van der Waals surface area contributed by atoms with Crippen molar-refractivity contribution in [3.8, 4) is 0 Å². The Morgan fingerprint density at radius 2 is 1.33 bits per heavy atom. The van der Waals surface area contributed by atoms with Crippen molar-refractivity contribution in [3.63, 3.8) is 0 Å². The quantitative estimate of drug-likeness (QED) is 0.842. The van der Waals surface area contributed by atoms with E-state index in [0.717, 1.165) is 33.9 Å². The number of aromatic carboxylic acids is 1. The van der Waals surface area contributed by atoms with Crippen LogP contribution in [-0.4, -0.2) is 22.5 Å². The van der Waals surface area contributed by atoms with Crippen LogP contribution >= 0.6 is 0 Å². The van der Waals surface area contributed by atoms with E-state index >= 15 is 0 Å². The van der Waals surface area contributed by atoms with Gasteiger partial charge in [-0.05, 0) is 19.9 Å². The lowest BCUT2D eigenvalue weighted by atomic mass is 9.73. The molecule has 3 rings (SSSR count). The Kier molecular flexibility index (Phi) is 2.54. The van der Waals surface area contributed by atoms with Gasteiger partial charge in [0.05, 0.1) is 16.9 Å². The summed E-state index contributed by atoms with van der Waals surface area (Å²) >= 11 is 0. The highest BCUT2D eigenvalue weighted by Gasteiger charge is 2.44. The Hall–Kier alpha value is -1.97. The van der Waals surface area contributed by atoms with Gasteiger partial charge in [0, 0.05) is 33.4 Å². The number of hydrogen-bond acceptors (Lipinski definition) is 3. The summed E-state index contributed by atoms with van der Waals surface area (Å²) in [6.07, 6.45) is 0. The van der Waals surface area contributed by atoms with Gasteiger partial charge in [-0.3, -0.25) is 9.98 Å². The first-order chi connectivity index (χ1) is 9.58. The number of aliphatic imine (C=N–C) groups is 2. The topological polar surface area (TPSA) is 62.0 Å². The number of carboxylic acid groups (broad SMARTS) is 1. The van der Waals surface area contributed by atoms with Crippen LogP contribution in [0.3, 0.4) is 0 Å². The van der Waals surface area contributed by atoms with E-state index in [9.17, 15) is 9.90 Å². The van der Waals surface area contributed by atoms with Crippen LogP contribution in [0.4, 0.5) is 11.4 Å². The normalized spacial score (nSPS) is 20.7. The standard InChI is InChI=1S/C17H20N2O2/c1-8-16(3,4)13-10(18-8)7-11-14(12(13)15(20)21)17(5,6)9(2)19-11/h7H,1-6H3,(H,20,21). The summed E-state index contributed by atoms with van der Waals surface area (Å²) in [5.74, 6) is -0.890. The monoisotopic (exact) mass is 284 g/mol. The summed E-state index contributed by atoms with van der Waals surface area (Å²) in [6, 6.07) is 1.94. The highest BCUT2D eigenvalue weighted by Crippen LogP contribution is 2.51. The van der Waals surface area contributed by atoms with Crippen LogP contribution in [0.5, 0.6) is 0 Å². The van der Waals surface area contributed by atoms with Gasteiger partial charge in [-0.1, -0.05) is 27.7 Å². The highest BCUT2D eigenvalue weighted by atomic mass is 16.4. The molecule has 2 aliphatic heterocycles. The second-order valence-electron chi connectivity index (χ2n) is 6.99. The van der Waals surface area contributed by atoms with E-state index in [-0.39, 0.29) is 10.8 Å². The molecule has 1 aromatic rings. The fourth-order valence-electron chi connectivity index (χ4n) is 3.31. The lowest BCUT2D eigenvalue weighted by molar-refractivity contribution is 0.0693. The Morgan fingerprint density at radius 3 is 1.67 bits per heavy atom. The molecule has 0 saturated heterocycles. The maximum atomic E-state index is 12.0. The van der Waals surface area contributed by atoms with Crippen LogP contribution in [0.15, 0.2) is 16.1 Å². The van der Waals surface area contributed by atoms with Crippen molar-refractivity contribution in [1.82, 2.24) is 0 Å². The molecule has 110 valence electrons. The van der Waals surface area contributed by atoms with Crippen molar-refractivity contribution in [2.75, 3.05) is 0 Å². The molecular formula is C17H20N2O2. The molecule has 1 N–H and O–H groups in total. The minimum Gasteiger partial charge on any atom is -0.478 e. The summed E-state index contributed by atoms with van der Waals surface area (Å²) in [7, 11) is 0. The van der Waals surface area contributed by atoms with E-state index in [2.05, 4.69) is 9.98 Å². The van der Waals surface area contributed by atoms with Crippen LogP contribution in [-0.2, 0) is 10.8 Å². The zero-order valence-corrected chi connectivity index (χ0v) is 13.3. The van der Waals surface area contributed by atoms with E-state index < -0.39 is 5.97 Å². The van der Waals surface area contributed by atoms with Gasteiger partial charge in [-0.15, -0.1) is 0 Å². The van der Waals surface area contributed by atoms with Crippen molar-refractivity contribution in [2.24, 2.45) is 9.98 Å². The van der Waals surface area contributed by atoms with Gasteiger partial charge in [0.25, 0.3) is 0 Å². The molecular weight excluding hydrogens is 264 g/mol. The van der Waals surface area contributed by atoms with Gasteiger partial charge in [0.2, 0.25) is 0 Å². The number of benzene rings is 1. The van der Waals surface area contributed by atoms with Crippen LogP contribution in [0.25, 0.3) is 0 Å². The molecule has 0 aliphatic carbocycles. The average Bonchev–Trinajstić information content (AvgIpc) is 2.70. The number of rotatable bonds is 1. The molecule has 0 spiro atoms. The molecule has 4 heteroatoms. The molecule has 0 amide bonds. The first kappa shape index (κ1) is 14.0. The number of fused-ring (bicyclic) bond motifs is 2. The molecule has 1 aromatic carbocycles. The fourth-order valence-corrected chi connectivity index (χ4v) is 3.31. The number of carboxylic acids is 1. The lowest BCUT2D eigenvalue weighted by Crippen LogP contribution is -2.30. The SMILES string of the molecule is CC1=Nc2cc3c(c(C(=O)O)c2C1(C)C)C(C)(C)C(C)=N3. The molecule has 0 aromatic heterocycles. The summed E-state index contributed by atoms with van der Waals surface area (Å²) in [4.78, 5) is 21.2. The molecule has 0 radical (unpaired) electrons. The number of carbonyl (C=O) groups is 1. The second kappa shape index (κ2) is 3.81. The largest absolute Gasteiger partial charge is 0.478 e. The Balaban J connectivity index is 2.44. The maximum Gasteiger partial charge on any atom is 0.336 e. The molecule has 0 fully saturated rings. The number of hydrogen-bond donors (Lipinski definition) is 1. The zero-order chi connectivity index (χ0) is 15.7. The smallest absolute Gasteiger partial charge is 0.336 e. The molecule has 4 nitrogen and oxygen atoms in total. The van der Waals surface area contributed by atoms with E-state index in [1.807, 2.05) is 47.6 Å². The van der Waals surface area contributed by atoms with Gasteiger partial charge in [-0.2, -0.15) is 0 Å². The van der Waals surface area contributed by atoms with E-state index in [1.165, 1.54) is 0 Å². The molecule has 0 unspecified atom stereocenters. The van der Waals surface area contributed by atoms with E-state index in [1.54, 1.807) is 0 Å². The molecule has 2 heterocycles. The summed E-state index contributed by atoms with van der Waals surface area (Å²) in [6.45, 7) is 12.0.